The molecule has 0 aliphatic heterocycles. The van der Waals surface area contributed by atoms with Gasteiger partial charge in [-0.15, -0.1) is 0 Å². The molecule has 0 radical (unpaired) electrons. The minimum absolute atomic E-state index is 0.158. The summed E-state index contributed by atoms with van der Waals surface area (Å²) in [5.41, 5.74) is 5.82. The number of aromatic nitrogens is 2. The molecule has 0 bridgehead atoms. The van der Waals surface area contributed by atoms with Crippen molar-refractivity contribution >= 4 is 51.5 Å². The van der Waals surface area contributed by atoms with Crippen molar-refractivity contribution in [2.75, 3.05) is 10.6 Å². The van der Waals surface area contributed by atoms with E-state index >= 15 is 0 Å². The van der Waals surface area contributed by atoms with Crippen LogP contribution >= 0.6 is 11.6 Å². The van der Waals surface area contributed by atoms with Crippen LogP contribution < -0.4 is 10.6 Å². The van der Waals surface area contributed by atoms with Crippen LogP contribution in [0.5, 0.6) is 0 Å². The first kappa shape index (κ1) is 26.9. The van der Waals surface area contributed by atoms with Crippen molar-refractivity contribution < 1.29 is 9.59 Å². The van der Waals surface area contributed by atoms with Crippen LogP contribution in [-0.2, 0) is 0 Å². The molecule has 42 heavy (non-hydrogen) atoms. The topological polar surface area (TPSA) is 84.0 Å². The van der Waals surface area contributed by atoms with Gasteiger partial charge in [0.1, 0.15) is 0 Å². The van der Waals surface area contributed by atoms with Gasteiger partial charge in [0.2, 0.25) is 5.95 Å². The lowest BCUT2D eigenvalue weighted by molar-refractivity contribution is 0.102. The molecule has 0 unspecified atom stereocenters. The average molecular weight is 569 g/mol. The van der Waals surface area contributed by atoms with E-state index in [1.54, 1.807) is 48.5 Å². The number of carbonyl (C=O) groups excluding carboxylic acids is 2. The van der Waals surface area contributed by atoms with Crippen molar-refractivity contribution in [3.63, 3.8) is 0 Å². The van der Waals surface area contributed by atoms with Crippen LogP contribution in [0.25, 0.3) is 22.2 Å². The van der Waals surface area contributed by atoms with Crippen molar-refractivity contribution in [3.8, 4) is 11.3 Å². The SMILES string of the molecule is Cc1ccc(NC(=O)c2cccc(Nc3nc(-c4ccccc4)c4cc(Cl)ccc4n3)c2)c(C(=O)c2ccccc2)c1. The molecule has 0 aliphatic carbocycles. The second-order valence-electron chi connectivity index (χ2n) is 9.83. The number of amides is 1. The van der Waals surface area contributed by atoms with Crippen LogP contribution in [0.1, 0.15) is 31.8 Å². The van der Waals surface area contributed by atoms with E-state index in [1.807, 2.05) is 79.7 Å². The highest BCUT2D eigenvalue weighted by atomic mass is 35.5. The van der Waals surface area contributed by atoms with Gasteiger partial charge in [-0.25, -0.2) is 9.97 Å². The van der Waals surface area contributed by atoms with Crippen LogP contribution in [0.15, 0.2) is 121 Å². The van der Waals surface area contributed by atoms with Gasteiger partial charge in [-0.2, -0.15) is 0 Å². The van der Waals surface area contributed by atoms with Crippen molar-refractivity contribution in [3.05, 3.63) is 149 Å². The highest BCUT2D eigenvalue weighted by Crippen LogP contribution is 2.30. The Bertz CT molecular complexity index is 1940. The molecule has 0 fully saturated rings. The smallest absolute Gasteiger partial charge is 0.255 e. The Morgan fingerprint density at radius 2 is 1.45 bits per heavy atom. The highest BCUT2D eigenvalue weighted by Gasteiger charge is 2.17. The number of anilines is 3. The van der Waals surface area contributed by atoms with E-state index in [1.165, 1.54) is 0 Å². The summed E-state index contributed by atoms with van der Waals surface area (Å²) in [6.45, 7) is 1.91. The standard InChI is InChI=1S/C35H25ClN4O2/c1-22-15-17-31(29(19-22)33(41)24-11-6-3-7-12-24)38-34(42)25-13-8-14-27(20-25)37-35-39-30-18-16-26(36)21-28(30)32(40-35)23-9-4-2-5-10-23/h2-21H,1H3,(H,38,42)(H,37,39,40). The van der Waals surface area contributed by atoms with E-state index < -0.39 is 0 Å². The van der Waals surface area contributed by atoms with Crippen molar-refractivity contribution in [2.24, 2.45) is 0 Å². The Morgan fingerprint density at radius 1 is 0.714 bits per heavy atom. The fraction of sp³-hybridized carbons (Fsp3) is 0.0286. The normalized spacial score (nSPS) is 10.8. The molecule has 0 saturated carbocycles. The van der Waals surface area contributed by atoms with Crippen LogP contribution in [0.2, 0.25) is 5.02 Å². The third kappa shape index (κ3) is 5.75. The zero-order chi connectivity index (χ0) is 29.1. The quantitative estimate of drug-likeness (QED) is 0.189. The summed E-state index contributed by atoms with van der Waals surface area (Å²) < 4.78 is 0. The van der Waals surface area contributed by atoms with Gasteiger partial charge in [0.05, 0.1) is 16.9 Å². The highest BCUT2D eigenvalue weighted by molar-refractivity contribution is 6.31. The van der Waals surface area contributed by atoms with E-state index in [0.29, 0.717) is 39.0 Å². The van der Waals surface area contributed by atoms with Gasteiger partial charge in [-0.05, 0) is 55.5 Å². The van der Waals surface area contributed by atoms with E-state index in [0.717, 1.165) is 27.7 Å². The number of nitrogens with one attached hydrogen (secondary N) is 2. The number of ketones is 1. The zero-order valence-electron chi connectivity index (χ0n) is 22.6. The second kappa shape index (κ2) is 11.6. The molecule has 1 aromatic heterocycles. The number of hydrogen-bond donors (Lipinski definition) is 2. The maximum Gasteiger partial charge on any atom is 0.255 e. The lowest BCUT2D eigenvalue weighted by atomic mass is 9.99. The monoisotopic (exact) mass is 568 g/mol. The fourth-order valence-corrected chi connectivity index (χ4v) is 4.91. The van der Waals surface area contributed by atoms with Gasteiger partial charge in [0.15, 0.2) is 5.78 Å². The van der Waals surface area contributed by atoms with Gasteiger partial charge < -0.3 is 10.6 Å². The Kier molecular flexibility index (Phi) is 7.45. The minimum atomic E-state index is -0.344. The van der Waals surface area contributed by atoms with E-state index in [9.17, 15) is 9.59 Å². The molecule has 6 nitrogen and oxygen atoms in total. The molecule has 6 rings (SSSR count). The molecular formula is C35H25ClN4O2. The number of nitrogens with zero attached hydrogens (tertiary/aromatic N) is 2. The Balaban J connectivity index is 1.29. The lowest BCUT2D eigenvalue weighted by Crippen LogP contribution is -2.15. The number of fused-ring (bicyclic) bond motifs is 1. The molecule has 2 N–H and O–H groups in total. The van der Waals surface area contributed by atoms with Crippen molar-refractivity contribution in [1.29, 1.82) is 0 Å². The van der Waals surface area contributed by atoms with Crippen molar-refractivity contribution in [1.82, 2.24) is 9.97 Å². The summed E-state index contributed by atoms with van der Waals surface area (Å²) in [4.78, 5) is 36.1. The third-order valence-corrected chi connectivity index (χ3v) is 7.02. The maximum absolute atomic E-state index is 13.4. The predicted octanol–water partition coefficient (Wildman–Crippen LogP) is 8.49. The third-order valence-electron chi connectivity index (χ3n) is 6.79. The number of halogens is 1. The molecule has 0 aliphatic rings. The first-order valence-electron chi connectivity index (χ1n) is 13.4. The summed E-state index contributed by atoms with van der Waals surface area (Å²) in [7, 11) is 0. The van der Waals surface area contributed by atoms with Gasteiger partial charge in [0.25, 0.3) is 5.91 Å². The fourth-order valence-electron chi connectivity index (χ4n) is 4.73. The number of hydrogen-bond acceptors (Lipinski definition) is 5. The minimum Gasteiger partial charge on any atom is -0.324 e. The summed E-state index contributed by atoms with van der Waals surface area (Å²) in [6, 6.07) is 36.8. The molecule has 1 heterocycles. The molecule has 204 valence electrons. The van der Waals surface area contributed by atoms with E-state index in [-0.39, 0.29) is 11.7 Å². The maximum atomic E-state index is 13.4. The molecule has 0 spiro atoms. The van der Waals surface area contributed by atoms with Crippen LogP contribution in [-0.4, -0.2) is 21.7 Å². The lowest BCUT2D eigenvalue weighted by Gasteiger charge is -2.13. The van der Waals surface area contributed by atoms with Crippen LogP contribution in [0.4, 0.5) is 17.3 Å². The number of rotatable bonds is 7. The first-order valence-corrected chi connectivity index (χ1v) is 13.7. The van der Waals surface area contributed by atoms with Gasteiger partial charge >= 0.3 is 0 Å². The van der Waals surface area contributed by atoms with Crippen LogP contribution in [0.3, 0.4) is 0 Å². The molecular weight excluding hydrogens is 544 g/mol. The molecule has 0 saturated heterocycles. The average Bonchev–Trinajstić information content (AvgIpc) is 3.02. The molecule has 7 heteroatoms. The molecule has 5 aromatic carbocycles. The van der Waals surface area contributed by atoms with Crippen LogP contribution in [0, 0.1) is 6.92 Å². The summed E-state index contributed by atoms with van der Waals surface area (Å²) >= 11 is 6.29. The Labute approximate surface area is 248 Å². The molecule has 1 amide bonds. The summed E-state index contributed by atoms with van der Waals surface area (Å²) in [6.07, 6.45) is 0. The Hall–Kier alpha value is -5.33. The summed E-state index contributed by atoms with van der Waals surface area (Å²) in [5, 5.41) is 7.61. The largest absolute Gasteiger partial charge is 0.324 e. The Morgan fingerprint density at radius 3 is 2.24 bits per heavy atom. The zero-order valence-corrected chi connectivity index (χ0v) is 23.4. The van der Waals surface area contributed by atoms with E-state index in [2.05, 4.69) is 15.6 Å². The van der Waals surface area contributed by atoms with E-state index in [4.69, 9.17) is 16.6 Å². The molecule has 6 aromatic rings. The van der Waals surface area contributed by atoms with Gasteiger partial charge in [0, 0.05) is 38.4 Å². The summed E-state index contributed by atoms with van der Waals surface area (Å²) in [5.74, 6) is -0.117. The second-order valence-corrected chi connectivity index (χ2v) is 10.3. The number of carbonyl (C=O) groups is 2. The first-order chi connectivity index (χ1) is 20.4. The van der Waals surface area contributed by atoms with Gasteiger partial charge in [-0.3, -0.25) is 9.59 Å². The molecule has 0 atom stereocenters. The van der Waals surface area contributed by atoms with Gasteiger partial charge in [-0.1, -0.05) is 90.0 Å². The predicted molar refractivity (Wildman–Crippen MR) is 169 cm³/mol. The number of aryl methyl sites for hydroxylation is 1. The number of benzene rings is 5. The van der Waals surface area contributed by atoms with Crippen molar-refractivity contribution in [2.45, 2.75) is 6.92 Å².